The van der Waals surface area contributed by atoms with E-state index in [0.717, 1.165) is 16.8 Å². The zero-order chi connectivity index (χ0) is 22.4. The molecule has 0 aliphatic heterocycles. The van der Waals surface area contributed by atoms with Gasteiger partial charge in [-0.05, 0) is 65.4 Å². The highest BCUT2D eigenvalue weighted by Crippen LogP contribution is 2.23. The van der Waals surface area contributed by atoms with Gasteiger partial charge in [0.25, 0.3) is 5.91 Å². The molecule has 0 aliphatic carbocycles. The van der Waals surface area contributed by atoms with Crippen LogP contribution < -0.4 is 10.6 Å². The minimum atomic E-state index is -0.235. The highest BCUT2D eigenvalue weighted by molar-refractivity contribution is 6.31. The summed E-state index contributed by atoms with van der Waals surface area (Å²) in [5.41, 5.74) is 4.41. The monoisotopic (exact) mass is 434 g/mol. The molecule has 1 aromatic heterocycles. The fraction of sp³-hybridized carbons (Fsp3) is 0.240. The van der Waals surface area contributed by atoms with Crippen LogP contribution in [0.2, 0.25) is 5.02 Å². The van der Waals surface area contributed by atoms with E-state index in [2.05, 4.69) is 41.4 Å². The van der Waals surface area contributed by atoms with E-state index >= 15 is 0 Å². The number of aromatic nitrogens is 1. The van der Waals surface area contributed by atoms with Crippen molar-refractivity contribution in [3.05, 3.63) is 94.3 Å². The van der Waals surface area contributed by atoms with Crippen LogP contribution in [0.3, 0.4) is 0 Å². The second kappa shape index (κ2) is 9.75. The standard InChI is InChI=1S/C25H27ClN4O/c1-17-21(26)6-5-7-22(17)29-24(28-16-18-12-14-27-15-13-18)30-23(31)19-8-10-20(11-9-19)25(2,3)4/h5-15H,16H2,1-4H3,(H2,28,29,30,31). The van der Waals surface area contributed by atoms with E-state index in [1.54, 1.807) is 12.4 Å². The lowest BCUT2D eigenvalue weighted by atomic mass is 9.87. The number of rotatable bonds is 4. The molecular formula is C25H27ClN4O. The van der Waals surface area contributed by atoms with Gasteiger partial charge >= 0.3 is 0 Å². The third-order valence-corrected chi connectivity index (χ3v) is 5.34. The van der Waals surface area contributed by atoms with Gasteiger partial charge in [-0.2, -0.15) is 0 Å². The lowest BCUT2D eigenvalue weighted by Gasteiger charge is -2.19. The molecule has 3 aromatic rings. The number of nitrogens with one attached hydrogen (secondary N) is 2. The molecule has 5 nitrogen and oxygen atoms in total. The molecule has 0 radical (unpaired) electrons. The third-order valence-electron chi connectivity index (χ3n) is 4.93. The van der Waals surface area contributed by atoms with Crippen LogP contribution in [0.25, 0.3) is 0 Å². The van der Waals surface area contributed by atoms with E-state index in [1.165, 1.54) is 5.56 Å². The molecule has 0 atom stereocenters. The Morgan fingerprint density at radius 1 is 1.03 bits per heavy atom. The van der Waals surface area contributed by atoms with E-state index < -0.39 is 0 Å². The van der Waals surface area contributed by atoms with Crippen LogP contribution in [0.5, 0.6) is 0 Å². The van der Waals surface area contributed by atoms with Gasteiger partial charge in [0.05, 0.1) is 6.54 Å². The third kappa shape index (κ3) is 6.15. The zero-order valence-corrected chi connectivity index (χ0v) is 19.0. The summed E-state index contributed by atoms with van der Waals surface area (Å²) in [6.45, 7) is 8.74. The molecule has 0 spiro atoms. The number of benzene rings is 2. The summed E-state index contributed by atoms with van der Waals surface area (Å²) < 4.78 is 0. The minimum Gasteiger partial charge on any atom is -0.326 e. The largest absolute Gasteiger partial charge is 0.326 e. The summed E-state index contributed by atoms with van der Waals surface area (Å²) in [7, 11) is 0. The van der Waals surface area contributed by atoms with Crippen molar-refractivity contribution in [3.63, 3.8) is 0 Å². The van der Waals surface area contributed by atoms with Gasteiger partial charge in [0.1, 0.15) is 0 Å². The van der Waals surface area contributed by atoms with Crippen molar-refractivity contribution in [2.24, 2.45) is 4.99 Å². The van der Waals surface area contributed by atoms with Gasteiger partial charge in [0, 0.05) is 28.7 Å². The predicted molar refractivity (Wildman–Crippen MR) is 128 cm³/mol. The molecular weight excluding hydrogens is 408 g/mol. The van der Waals surface area contributed by atoms with Crippen molar-refractivity contribution in [2.45, 2.75) is 39.7 Å². The highest BCUT2D eigenvalue weighted by atomic mass is 35.5. The molecule has 1 heterocycles. The maximum absolute atomic E-state index is 12.9. The second-order valence-electron chi connectivity index (χ2n) is 8.34. The number of halogens is 1. The summed E-state index contributed by atoms with van der Waals surface area (Å²) in [4.78, 5) is 21.5. The fourth-order valence-corrected chi connectivity index (χ4v) is 3.12. The Labute approximate surface area is 188 Å². The summed E-state index contributed by atoms with van der Waals surface area (Å²) in [5, 5.41) is 6.75. The molecule has 1 amide bonds. The fourth-order valence-electron chi connectivity index (χ4n) is 2.94. The normalized spacial score (nSPS) is 11.8. The topological polar surface area (TPSA) is 66.4 Å². The molecule has 3 rings (SSSR count). The van der Waals surface area contributed by atoms with Gasteiger partial charge in [-0.3, -0.25) is 15.1 Å². The molecule has 0 saturated heterocycles. The molecule has 0 unspecified atom stereocenters. The Balaban J connectivity index is 1.83. The number of hydrogen-bond donors (Lipinski definition) is 2. The number of carbonyl (C=O) groups is 1. The summed E-state index contributed by atoms with van der Waals surface area (Å²) in [6, 6.07) is 17.0. The van der Waals surface area contributed by atoms with Crippen molar-refractivity contribution in [3.8, 4) is 0 Å². The molecule has 0 saturated carbocycles. The van der Waals surface area contributed by atoms with Crippen LogP contribution in [0.15, 0.2) is 72.0 Å². The molecule has 0 fully saturated rings. The Bertz CT molecular complexity index is 1070. The molecule has 0 aliphatic rings. The average Bonchev–Trinajstić information content (AvgIpc) is 2.75. The number of amides is 1. The van der Waals surface area contributed by atoms with Crippen LogP contribution in [0.1, 0.15) is 47.8 Å². The first-order chi connectivity index (χ1) is 14.7. The first-order valence-corrected chi connectivity index (χ1v) is 10.5. The molecule has 2 aromatic carbocycles. The molecule has 160 valence electrons. The number of anilines is 1. The van der Waals surface area contributed by atoms with Gasteiger partial charge in [-0.15, -0.1) is 0 Å². The first kappa shape index (κ1) is 22.5. The highest BCUT2D eigenvalue weighted by Gasteiger charge is 2.15. The SMILES string of the molecule is Cc1c(Cl)cccc1NC(=NCc1ccncc1)NC(=O)c1ccc(C(C)(C)C)cc1. The maximum Gasteiger partial charge on any atom is 0.257 e. The van der Waals surface area contributed by atoms with Gasteiger partial charge in [0.15, 0.2) is 0 Å². The summed E-state index contributed by atoms with van der Waals surface area (Å²) in [5.74, 6) is 0.119. The van der Waals surface area contributed by atoms with Crippen LogP contribution in [-0.4, -0.2) is 16.9 Å². The van der Waals surface area contributed by atoms with E-state index in [-0.39, 0.29) is 11.3 Å². The zero-order valence-electron chi connectivity index (χ0n) is 18.2. The van der Waals surface area contributed by atoms with Crippen molar-refractivity contribution in [1.82, 2.24) is 10.3 Å². The average molecular weight is 435 g/mol. The van der Waals surface area contributed by atoms with Crippen LogP contribution in [-0.2, 0) is 12.0 Å². The van der Waals surface area contributed by atoms with Crippen molar-refractivity contribution >= 4 is 29.2 Å². The molecule has 2 N–H and O–H groups in total. The number of nitrogens with zero attached hydrogens (tertiary/aromatic N) is 2. The number of guanidine groups is 1. The molecule has 0 bridgehead atoms. The molecule has 6 heteroatoms. The number of aliphatic imine (C=N–C) groups is 1. The number of hydrogen-bond acceptors (Lipinski definition) is 3. The lowest BCUT2D eigenvalue weighted by Crippen LogP contribution is -2.36. The minimum absolute atomic E-state index is 0.0256. The maximum atomic E-state index is 12.9. The summed E-state index contributed by atoms with van der Waals surface area (Å²) >= 11 is 6.25. The van der Waals surface area contributed by atoms with Gasteiger partial charge < -0.3 is 5.32 Å². The van der Waals surface area contributed by atoms with Crippen molar-refractivity contribution < 1.29 is 4.79 Å². The van der Waals surface area contributed by atoms with E-state index in [9.17, 15) is 4.79 Å². The smallest absolute Gasteiger partial charge is 0.257 e. The van der Waals surface area contributed by atoms with Gasteiger partial charge in [-0.25, -0.2) is 4.99 Å². The Morgan fingerprint density at radius 2 is 1.71 bits per heavy atom. The Hall–Kier alpha value is -3.18. The van der Waals surface area contributed by atoms with Gasteiger partial charge in [0.2, 0.25) is 5.96 Å². The first-order valence-electron chi connectivity index (χ1n) is 10.1. The van der Waals surface area contributed by atoms with Crippen molar-refractivity contribution in [1.29, 1.82) is 0 Å². The number of carbonyl (C=O) groups excluding carboxylic acids is 1. The van der Waals surface area contributed by atoms with Crippen LogP contribution in [0, 0.1) is 6.92 Å². The van der Waals surface area contributed by atoms with E-state index in [0.29, 0.717) is 23.1 Å². The predicted octanol–water partition coefficient (Wildman–Crippen LogP) is 5.74. The van der Waals surface area contributed by atoms with Crippen molar-refractivity contribution in [2.75, 3.05) is 5.32 Å². The second-order valence-corrected chi connectivity index (χ2v) is 8.75. The van der Waals surface area contributed by atoms with E-state index in [4.69, 9.17) is 11.6 Å². The van der Waals surface area contributed by atoms with E-state index in [1.807, 2.05) is 61.5 Å². The summed E-state index contributed by atoms with van der Waals surface area (Å²) in [6.07, 6.45) is 3.43. The van der Waals surface area contributed by atoms with Gasteiger partial charge in [-0.1, -0.05) is 50.6 Å². The quantitative estimate of drug-likeness (QED) is 0.406. The number of pyridine rings is 1. The van der Waals surface area contributed by atoms with Crippen LogP contribution in [0.4, 0.5) is 5.69 Å². The Morgan fingerprint density at radius 3 is 2.35 bits per heavy atom. The lowest BCUT2D eigenvalue weighted by molar-refractivity contribution is 0.0977. The molecule has 31 heavy (non-hydrogen) atoms. The van der Waals surface area contributed by atoms with Crippen LogP contribution >= 0.6 is 11.6 Å². The Kier molecular flexibility index (Phi) is 7.08.